The minimum absolute atomic E-state index is 0.402. The van der Waals surface area contributed by atoms with Gasteiger partial charge in [-0.15, -0.1) is 0 Å². The third-order valence-corrected chi connectivity index (χ3v) is 2.14. The Morgan fingerprint density at radius 2 is 1.75 bits per heavy atom. The van der Waals surface area contributed by atoms with Gasteiger partial charge in [0.05, 0.1) is 6.08 Å². The standard InChI is InChI=1S/C12H22O3Si/c1-8-10(15-16(5,6)7)9-11(13)14-12(2,3)4/h8-9H,1H2,2-7H3/b10-9-. The summed E-state index contributed by atoms with van der Waals surface area (Å²) < 4.78 is 10.8. The summed E-state index contributed by atoms with van der Waals surface area (Å²) in [6.45, 7) is 15.2. The van der Waals surface area contributed by atoms with Gasteiger partial charge in [0.2, 0.25) is 8.32 Å². The first-order valence-electron chi connectivity index (χ1n) is 5.29. The molecule has 0 fully saturated rings. The van der Waals surface area contributed by atoms with Crippen molar-refractivity contribution in [3.05, 3.63) is 24.5 Å². The minimum Gasteiger partial charge on any atom is -0.544 e. The average Bonchev–Trinajstić information content (AvgIpc) is 1.96. The highest BCUT2D eigenvalue weighted by atomic mass is 28.4. The van der Waals surface area contributed by atoms with E-state index in [-0.39, 0.29) is 0 Å². The van der Waals surface area contributed by atoms with E-state index >= 15 is 0 Å². The lowest BCUT2D eigenvalue weighted by Crippen LogP contribution is -2.26. The van der Waals surface area contributed by atoms with Crippen LogP contribution in [0, 0.1) is 0 Å². The summed E-state index contributed by atoms with van der Waals surface area (Å²) in [4.78, 5) is 11.5. The molecule has 0 aliphatic carbocycles. The molecule has 16 heavy (non-hydrogen) atoms. The Morgan fingerprint density at radius 3 is 2.06 bits per heavy atom. The Balaban J connectivity index is 4.59. The average molecular weight is 242 g/mol. The van der Waals surface area contributed by atoms with Gasteiger partial charge in [-0.05, 0) is 46.5 Å². The second-order valence-electron chi connectivity index (χ2n) is 5.50. The number of allylic oxidation sites excluding steroid dienone is 1. The molecule has 0 aliphatic heterocycles. The van der Waals surface area contributed by atoms with Crippen LogP contribution in [0.4, 0.5) is 0 Å². The monoisotopic (exact) mass is 242 g/mol. The molecule has 0 unspecified atom stereocenters. The normalized spacial score (nSPS) is 13.2. The minimum atomic E-state index is -1.71. The molecule has 0 heterocycles. The number of esters is 1. The predicted molar refractivity (Wildman–Crippen MR) is 68.6 cm³/mol. The zero-order valence-electron chi connectivity index (χ0n) is 11.1. The molecule has 0 bridgehead atoms. The molecule has 0 rings (SSSR count). The molecule has 0 amide bonds. The molecule has 0 atom stereocenters. The molecule has 0 aromatic heterocycles. The van der Waals surface area contributed by atoms with Gasteiger partial charge in [-0.3, -0.25) is 0 Å². The van der Waals surface area contributed by atoms with E-state index in [1.54, 1.807) is 0 Å². The van der Waals surface area contributed by atoms with E-state index in [1.807, 2.05) is 40.4 Å². The van der Waals surface area contributed by atoms with E-state index in [0.29, 0.717) is 5.76 Å². The number of hydrogen-bond donors (Lipinski definition) is 0. The van der Waals surface area contributed by atoms with Crippen LogP contribution in [0.25, 0.3) is 0 Å². The zero-order valence-corrected chi connectivity index (χ0v) is 12.1. The fourth-order valence-corrected chi connectivity index (χ4v) is 1.78. The Morgan fingerprint density at radius 1 is 1.25 bits per heavy atom. The lowest BCUT2D eigenvalue weighted by atomic mass is 10.2. The van der Waals surface area contributed by atoms with Crippen LogP contribution in [0.3, 0.4) is 0 Å². The second-order valence-corrected chi connectivity index (χ2v) is 9.93. The smallest absolute Gasteiger partial charge is 0.334 e. The van der Waals surface area contributed by atoms with E-state index in [1.165, 1.54) is 12.2 Å². The van der Waals surface area contributed by atoms with Crippen molar-refractivity contribution in [2.45, 2.75) is 46.0 Å². The molecule has 0 radical (unpaired) electrons. The summed E-state index contributed by atoms with van der Waals surface area (Å²) >= 11 is 0. The lowest BCUT2D eigenvalue weighted by Gasteiger charge is -2.21. The first kappa shape index (κ1) is 15.0. The number of ether oxygens (including phenoxy) is 1. The summed E-state index contributed by atoms with van der Waals surface area (Å²) in [5.41, 5.74) is -0.487. The molecule has 0 aliphatic rings. The third-order valence-electron chi connectivity index (χ3n) is 1.29. The molecule has 0 saturated carbocycles. The van der Waals surface area contributed by atoms with Crippen molar-refractivity contribution in [2.24, 2.45) is 0 Å². The maximum atomic E-state index is 11.5. The van der Waals surface area contributed by atoms with Crippen molar-refractivity contribution in [3.63, 3.8) is 0 Å². The van der Waals surface area contributed by atoms with Gasteiger partial charge in [0.1, 0.15) is 11.4 Å². The van der Waals surface area contributed by atoms with Crippen LogP contribution in [0.1, 0.15) is 20.8 Å². The van der Waals surface area contributed by atoms with Gasteiger partial charge in [0.25, 0.3) is 0 Å². The highest BCUT2D eigenvalue weighted by molar-refractivity contribution is 6.70. The Labute approximate surface area is 99.3 Å². The van der Waals surface area contributed by atoms with Crippen molar-refractivity contribution in [3.8, 4) is 0 Å². The fraction of sp³-hybridized carbons (Fsp3) is 0.583. The Kier molecular flexibility index (Phi) is 5.00. The van der Waals surface area contributed by atoms with Gasteiger partial charge in [-0.2, -0.15) is 0 Å². The second kappa shape index (κ2) is 5.34. The number of hydrogen-bond acceptors (Lipinski definition) is 3. The fourth-order valence-electron chi connectivity index (χ4n) is 0.931. The van der Waals surface area contributed by atoms with E-state index in [0.717, 1.165) is 0 Å². The summed E-state index contributed by atoms with van der Waals surface area (Å²) in [5.74, 6) is 0.0778. The maximum Gasteiger partial charge on any atom is 0.334 e. The molecule has 0 N–H and O–H groups in total. The van der Waals surface area contributed by atoms with Crippen LogP contribution < -0.4 is 0 Å². The van der Waals surface area contributed by atoms with Gasteiger partial charge in [-0.25, -0.2) is 4.79 Å². The summed E-state index contributed by atoms with van der Waals surface area (Å²) in [6.07, 6.45) is 2.87. The van der Waals surface area contributed by atoms with Gasteiger partial charge in [-0.1, -0.05) is 6.58 Å². The Hall–Kier alpha value is -1.03. The van der Waals surface area contributed by atoms with Gasteiger partial charge in [0, 0.05) is 0 Å². The van der Waals surface area contributed by atoms with Gasteiger partial charge < -0.3 is 9.16 Å². The van der Waals surface area contributed by atoms with Gasteiger partial charge >= 0.3 is 5.97 Å². The first-order valence-corrected chi connectivity index (χ1v) is 8.70. The molecule has 0 spiro atoms. The molecule has 0 aromatic rings. The van der Waals surface area contributed by atoms with E-state index in [4.69, 9.17) is 9.16 Å². The molecule has 3 nitrogen and oxygen atoms in total. The summed E-state index contributed by atoms with van der Waals surface area (Å²) in [7, 11) is -1.71. The van der Waals surface area contributed by atoms with Crippen LogP contribution in [0.15, 0.2) is 24.5 Å². The van der Waals surface area contributed by atoms with Crippen LogP contribution in [0.2, 0.25) is 19.6 Å². The number of carbonyl (C=O) groups excluding carboxylic acids is 1. The topological polar surface area (TPSA) is 35.5 Å². The maximum absolute atomic E-state index is 11.5. The molecular formula is C12H22O3Si. The molecule has 4 heteroatoms. The highest BCUT2D eigenvalue weighted by Gasteiger charge is 2.19. The number of rotatable bonds is 4. The van der Waals surface area contributed by atoms with E-state index in [9.17, 15) is 4.79 Å². The van der Waals surface area contributed by atoms with Crippen molar-refractivity contribution in [1.82, 2.24) is 0 Å². The SMILES string of the molecule is C=C/C(=C/C(=O)OC(C)(C)C)O[Si](C)(C)C. The summed E-state index contributed by atoms with van der Waals surface area (Å²) in [5, 5.41) is 0. The first-order chi connectivity index (χ1) is 7.03. The van der Waals surface area contributed by atoms with Gasteiger partial charge in [0.15, 0.2) is 0 Å². The van der Waals surface area contributed by atoms with E-state index in [2.05, 4.69) is 6.58 Å². The van der Waals surface area contributed by atoms with Crippen LogP contribution in [-0.4, -0.2) is 19.9 Å². The van der Waals surface area contributed by atoms with Crippen molar-refractivity contribution < 1.29 is 14.0 Å². The van der Waals surface area contributed by atoms with Crippen LogP contribution in [-0.2, 0) is 14.0 Å². The lowest BCUT2D eigenvalue weighted by molar-refractivity contribution is -0.148. The van der Waals surface area contributed by atoms with Crippen molar-refractivity contribution in [2.75, 3.05) is 0 Å². The Bertz CT molecular complexity index is 292. The van der Waals surface area contributed by atoms with Crippen molar-refractivity contribution >= 4 is 14.3 Å². The van der Waals surface area contributed by atoms with Crippen molar-refractivity contribution in [1.29, 1.82) is 0 Å². The third kappa shape index (κ3) is 8.29. The molecular weight excluding hydrogens is 220 g/mol. The largest absolute Gasteiger partial charge is 0.544 e. The zero-order chi connectivity index (χ0) is 13.0. The highest BCUT2D eigenvalue weighted by Crippen LogP contribution is 2.13. The van der Waals surface area contributed by atoms with Crippen LogP contribution >= 0.6 is 0 Å². The molecule has 0 saturated heterocycles. The molecule has 0 aromatic carbocycles. The predicted octanol–water partition coefficient (Wildman–Crippen LogP) is 3.25. The van der Waals surface area contributed by atoms with Crippen LogP contribution in [0.5, 0.6) is 0 Å². The quantitative estimate of drug-likeness (QED) is 0.249. The molecule has 92 valence electrons. The summed E-state index contributed by atoms with van der Waals surface area (Å²) in [6, 6.07) is 0. The number of carbonyl (C=O) groups is 1. The van der Waals surface area contributed by atoms with E-state index < -0.39 is 19.9 Å².